The molecule has 1 heterocycles. The van der Waals surface area contributed by atoms with E-state index < -0.39 is 0 Å². The number of hydrogen-bond acceptors (Lipinski definition) is 3. The molecule has 1 N–H and O–H groups in total. The lowest BCUT2D eigenvalue weighted by atomic mass is 10.4. The molecule has 0 aromatic rings. The van der Waals surface area contributed by atoms with Crippen LogP contribution in [0.25, 0.3) is 0 Å². The zero-order valence-corrected chi connectivity index (χ0v) is 6.29. The van der Waals surface area contributed by atoms with Crippen LogP contribution in [-0.4, -0.2) is 11.7 Å². The highest BCUT2D eigenvalue weighted by molar-refractivity contribution is 8.04. The van der Waals surface area contributed by atoms with Gasteiger partial charge in [-0.15, -0.1) is 0 Å². The van der Waals surface area contributed by atoms with Gasteiger partial charge in [0.05, 0.1) is 22.4 Å². The fourth-order valence-electron chi connectivity index (χ4n) is 0.589. The molecule has 1 aliphatic heterocycles. The molecule has 10 heavy (non-hydrogen) atoms. The van der Waals surface area contributed by atoms with Crippen LogP contribution in [0.3, 0.4) is 0 Å². The van der Waals surface area contributed by atoms with Gasteiger partial charge in [-0.05, 0) is 6.92 Å². The molecular formula is C6H6N2OS. The normalized spacial score (nSPS) is 21.8. The molecule has 1 amide bonds. The largest absolute Gasteiger partial charge is 0.319 e. The van der Waals surface area contributed by atoms with Gasteiger partial charge in [0.2, 0.25) is 5.91 Å². The smallest absolute Gasteiger partial charge is 0.235 e. The summed E-state index contributed by atoms with van der Waals surface area (Å²) in [5, 5.41) is 11.7. The van der Waals surface area contributed by atoms with Crippen molar-refractivity contribution in [1.29, 1.82) is 5.26 Å². The van der Waals surface area contributed by atoms with Crippen molar-refractivity contribution in [2.75, 3.05) is 5.75 Å². The summed E-state index contributed by atoms with van der Waals surface area (Å²) in [6, 6.07) is 1.97. The predicted molar refractivity (Wildman–Crippen MR) is 38.9 cm³/mol. The topological polar surface area (TPSA) is 52.9 Å². The Balaban J connectivity index is 2.79. The minimum atomic E-state index is -0.0189. The van der Waals surface area contributed by atoms with Gasteiger partial charge in [0.15, 0.2) is 0 Å². The third kappa shape index (κ3) is 1.31. The number of nitriles is 1. The number of allylic oxidation sites excluding steroid dienone is 1. The third-order valence-electron chi connectivity index (χ3n) is 1.11. The number of rotatable bonds is 0. The number of nitrogens with one attached hydrogen (secondary N) is 1. The van der Waals surface area contributed by atoms with Crippen molar-refractivity contribution in [2.24, 2.45) is 0 Å². The van der Waals surface area contributed by atoms with Crippen LogP contribution >= 0.6 is 11.8 Å². The van der Waals surface area contributed by atoms with Crippen molar-refractivity contribution in [3.63, 3.8) is 0 Å². The molecule has 52 valence electrons. The average molecular weight is 154 g/mol. The van der Waals surface area contributed by atoms with Gasteiger partial charge in [0.1, 0.15) is 0 Å². The molecule has 0 aromatic heterocycles. The van der Waals surface area contributed by atoms with Crippen molar-refractivity contribution in [3.8, 4) is 6.07 Å². The van der Waals surface area contributed by atoms with E-state index in [9.17, 15) is 4.79 Å². The van der Waals surface area contributed by atoms with Crippen LogP contribution in [0.5, 0.6) is 0 Å². The summed E-state index contributed by atoms with van der Waals surface area (Å²) in [5.74, 6) is 0.420. The molecule has 0 spiro atoms. The van der Waals surface area contributed by atoms with E-state index in [0.717, 1.165) is 0 Å². The van der Waals surface area contributed by atoms with E-state index in [0.29, 0.717) is 16.4 Å². The molecule has 4 heteroatoms. The van der Waals surface area contributed by atoms with Crippen molar-refractivity contribution in [3.05, 3.63) is 10.6 Å². The van der Waals surface area contributed by atoms with Crippen LogP contribution < -0.4 is 5.32 Å². The molecule has 0 atom stereocenters. The van der Waals surface area contributed by atoms with E-state index in [4.69, 9.17) is 5.26 Å². The van der Waals surface area contributed by atoms with Crippen LogP contribution in [0, 0.1) is 11.3 Å². The second-order valence-electron chi connectivity index (χ2n) is 1.90. The molecule has 3 nitrogen and oxygen atoms in total. The van der Waals surface area contributed by atoms with Gasteiger partial charge >= 0.3 is 0 Å². The lowest BCUT2D eigenvalue weighted by Crippen LogP contribution is -2.14. The van der Waals surface area contributed by atoms with Crippen molar-refractivity contribution < 1.29 is 4.79 Å². The maximum Gasteiger partial charge on any atom is 0.235 e. The van der Waals surface area contributed by atoms with E-state index >= 15 is 0 Å². The number of thioether (sulfide) groups is 1. The summed E-state index contributed by atoms with van der Waals surface area (Å²) >= 11 is 1.38. The van der Waals surface area contributed by atoms with Gasteiger partial charge in [-0.2, -0.15) is 5.26 Å². The highest BCUT2D eigenvalue weighted by Crippen LogP contribution is 2.21. The number of hydrogen-bond donors (Lipinski definition) is 1. The molecule has 1 rings (SSSR count). The zero-order chi connectivity index (χ0) is 7.56. The van der Waals surface area contributed by atoms with Gasteiger partial charge in [-0.25, -0.2) is 0 Å². The number of nitrogens with zero attached hydrogens (tertiary/aromatic N) is 1. The first-order chi connectivity index (χ1) is 4.74. The lowest BCUT2D eigenvalue weighted by Gasteiger charge is -1.93. The summed E-state index contributed by atoms with van der Waals surface area (Å²) in [5.41, 5.74) is 0.579. The third-order valence-corrected chi connectivity index (χ3v) is 2.21. The van der Waals surface area contributed by atoms with Gasteiger partial charge in [-0.1, -0.05) is 11.8 Å². The number of carbonyl (C=O) groups is 1. The second-order valence-corrected chi connectivity index (χ2v) is 2.89. The number of amides is 1. The fourth-order valence-corrected chi connectivity index (χ4v) is 1.39. The molecule has 0 saturated carbocycles. The van der Waals surface area contributed by atoms with E-state index in [1.807, 2.05) is 6.07 Å². The van der Waals surface area contributed by atoms with Crippen LogP contribution in [0.1, 0.15) is 6.92 Å². The first-order valence-corrected chi connectivity index (χ1v) is 3.76. The van der Waals surface area contributed by atoms with Crippen LogP contribution in [-0.2, 0) is 4.79 Å². The van der Waals surface area contributed by atoms with Crippen LogP contribution in [0.15, 0.2) is 10.6 Å². The maximum absolute atomic E-state index is 10.6. The molecule has 0 radical (unpaired) electrons. The summed E-state index contributed by atoms with van der Waals surface area (Å²) in [6.07, 6.45) is 0. The number of carbonyl (C=O) groups excluding carboxylic acids is 1. The Labute approximate surface area is 63.1 Å². The first-order valence-electron chi connectivity index (χ1n) is 2.77. The molecule has 0 unspecified atom stereocenters. The SMILES string of the molecule is C/C(C#N)=C1\NC(=O)CS1. The Hall–Kier alpha value is -0.950. The first kappa shape index (κ1) is 7.16. The van der Waals surface area contributed by atoms with Gasteiger partial charge in [0.25, 0.3) is 0 Å². The molecule has 1 saturated heterocycles. The second kappa shape index (κ2) is 2.76. The van der Waals surface area contributed by atoms with Gasteiger partial charge < -0.3 is 5.32 Å². The fraction of sp³-hybridized carbons (Fsp3) is 0.333. The Kier molecular flexibility index (Phi) is 1.97. The Bertz CT molecular complexity index is 239. The Morgan fingerprint density at radius 3 is 3.00 bits per heavy atom. The molecule has 0 aromatic carbocycles. The summed E-state index contributed by atoms with van der Waals surface area (Å²) < 4.78 is 0. The minimum absolute atomic E-state index is 0.0189. The van der Waals surface area contributed by atoms with E-state index in [2.05, 4.69) is 5.32 Å². The summed E-state index contributed by atoms with van der Waals surface area (Å²) in [6.45, 7) is 1.69. The summed E-state index contributed by atoms with van der Waals surface area (Å²) in [4.78, 5) is 10.6. The van der Waals surface area contributed by atoms with Crippen molar-refractivity contribution in [2.45, 2.75) is 6.92 Å². The van der Waals surface area contributed by atoms with Crippen LogP contribution in [0.4, 0.5) is 0 Å². The monoisotopic (exact) mass is 154 g/mol. The van der Waals surface area contributed by atoms with Gasteiger partial charge in [-0.3, -0.25) is 4.79 Å². The minimum Gasteiger partial charge on any atom is -0.319 e. The average Bonchev–Trinajstić information content (AvgIpc) is 2.34. The van der Waals surface area contributed by atoms with E-state index in [1.165, 1.54) is 11.8 Å². The quantitative estimate of drug-likeness (QED) is 0.520. The van der Waals surface area contributed by atoms with E-state index in [1.54, 1.807) is 6.92 Å². The summed E-state index contributed by atoms with van der Waals surface area (Å²) in [7, 11) is 0. The Morgan fingerprint density at radius 2 is 2.60 bits per heavy atom. The Morgan fingerprint density at radius 1 is 1.90 bits per heavy atom. The molecular weight excluding hydrogens is 148 g/mol. The highest BCUT2D eigenvalue weighted by atomic mass is 32.2. The standard InChI is InChI=1S/C6H6N2OS/c1-4(2-7)6-8-5(9)3-10-6/h3H2,1H3,(H,8,9)/b6-4-. The van der Waals surface area contributed by atoms with Crippen molar-refractivity contribution in [1.82, 2.24) is 5.32 Å². The highest BCUT2D eigenvalue weighted by Gasteiger charge is 2.16. The maximum atomic E-state index is 10.6. The lowest BCUT2D eigenvalue weighted by molar-refractivity contribution is -0.117. The molecule has 0 aliphatic carbocycles. The van der Waals surface area contributed by atoms with Crippen LogP contribution in [0.2, 0.25) is 0 Å². The predicted octanol–water partition coefficient (Wildman–Crippen LogP) is 0.604. The molecule has 1 aliphatic rings. The van der Waals surface area contributed by atoms with Gasteiger partial charge in [0, 0.05) is 0 Å². The molecule has 0 bridgehead atoms. The zero-order valence-electron chi connectivity index (χ0n) is 5.47. The van der Waals surface area contributed by atoms with E-state index in [-0.39, 0.29) is 5.91 Å². The molecule has 1 fully saturated rings. The van der Waals surface area contributed by atoms with Crippen molar-refractivity contribution >= 4 is 17.7 Å².